The number of carbonyl (C=O) groups is 4. The van der Waals surface area contributed by atoms with Crippen LogP contribution in [0.5, 0.6) is 5.75 Å². The molecule has 2 aliphatic carbocycles. The summed E-state index contributed by atoms with van der Waals surface area (Å²) in [5.74, 6) is -9.09. The van der Waals surface area contributed by atoms with E-state index in [-0.39, 0.29) is 47.6 Å². The van der Waals surface area contributed by atoms with Crippen LogP contribution in [0.2, 0.25) is 5.02 Å². The number of halogens is 2. The predicted molar refractivity (Wildman–Crippen MR) is 218 cm³/mol. The Labute approximate surface area is 346 Å². The Hall–Kier alpha value is -6.94. The summed E-state index contributed by atoms with van der Waals surface area (Å²) in [6.07, 6.45) is 3.42. The fraction of sp³-hybridized carbons (Fsp3) is 0.256. The number of amides is 4. The summed E-state index contributed by atoms with van der Waals surface area (Å²) >= 11 is 6.37. The van der Waals surface area contributed by atoms with Crippen LogP contribution in [-0.2, 0) is 31.0 Å². The fourth-order valence-corrected chi connectivity index (χ4v) is 10.00. The molecule has 306 valence electrons. The third kappa shape index (κ3) is 5.92. The highest BCUT2D eigenvalue weighted by Gasteiger charge is 2.70. The maximum Gasteiger partial charge on any atom is 0.301 e. The number of phenolic OH excluding ortho intramolecular Hbond substituents is 1. The minimum Gasteiger partial charge on any atom is -0.507 e. The van der Waals surface area contributed by atoms with Gasteiger partial charge in [0.2, 0.25) is 11.8 Å². The second-order valence-corrected chi connectivity index (χ2v) is 15.9. The molecule has 0 spiro atoms. The van der Waals surface area contributed by atoms with E-state index < -0.39 is 85.7 Å². The SMILES string of the molecule is C=CCc1cccc([C@H]2C3=CC[C@@H]4C(=O)N(c5cc([N+](=O)[O-])c(N(C)C)c([N+](=O)[O-])c5)C(=O)[C@@H]4[C@@H]3C[C@H]3C(=O)N(Nc4ccc(F)cc4)C(=O)[C@@]23c2ccc(Cl)cc2)c1O. The Balaban J connectivity index is 1.33. The molecule has 4 aromatic carbocycles. The molecule has 2 N–H and O–H groups in total. The van der Waals surface area contributed by atoms with E-state index in [1.165, 1.54) is 31.1 Å². The van der Waals surface area contributed by atoms with Crippen molar-refractivity contribution in [2.45, 2.75) is 30.6 Å². The van der Waals surface area contributed by atoms with Crippen molar-refractivity contribution >= 4 is 63.7 Å². The third-order valence-electron chi connectivity index (χ3n) is 12.2. The zero-order valence-corrected chi connectivity index (χ0v) is 32.8. The highest BCUT2D eigenvalue weighted by atomic mass is 35.5. The molecule has 17 heteroatoms. The maximum absolute atomic E-state index is 15.4. The molecule has 4 amide bonds. The lowest BCUT2D eigenvalue weighted by Gasteiger charge is -2.50. The van der Waals surface area contributed by atoms with Gasteiger partial charge in [-0.1, -0.05) is 59.7 Å². The molecular weight excluding hydrogens is 799 g/mol. The highest BCUT2D eigenvalue weighted by molar-refractivity contribution is 6.30. The number of hydrazine groups is 1. The number of para-hydroxylation sites is 1. The van der Waals surface area contributed by atoms with E-state index in [1.807, 2.05) is 0 Å². The number of fused-ring (bicyclic) bond motifs is 4. The number of hydrogen-bond donors (Lipinski definition) is 2. The fourth-order valence-electron chi connectivity index (χ4n) is 9.87. The Bertz CT molecular complexity index is 2550. The number of aromatic hydroxyl groups is 1. The van der Waals surface area contributed by atoms with Gasteiger partial charge in [-0.3, -0.25) is 44.8 Å². The van der Waals surface area contributed by atoms with Crippen molar-refractivity contribution in [2.24, 2.45) is 23.7 Å². The van der Waals surface area contributed by atoms with Crippen LogP contribution < -0.4 is 15.2 Å². The molecule has 0 unspecified atom stereocenters. The first-order chi connectivity index (χ1) is 28.6. The van der Waals surface area contributed by atoms with Gasteiger partial charge in [0.25, 0.3) is 11.8 Å². The van der Waals surface area contributed by atoms with Crippen LogP contribution in [0.1, 0.15) is 35.4 Å². The number of nitro groups is 2. The number of nitrogens with zero attached hydrogens (tertiary/aromatic N) is 5. The molecule has 2 saturated heterocycles. The highest BCUT2D eigenvalue weighted by Crippen LogP contribution is 2.65. The van der Waals surface area contributed by atoms with Crippen LogP contribution in [0, 0.1) is 49.7 Å². The van der Waals surface area contributed by atoms with Crippen molar-refractivity contribution in [2.75, 3.05) is 29.3 Å². The minimum absolute atomic E-state index is 0.0395. The molecule has 1 saturated carbocycles. The zero-order chi connectivity index (χ0) is 42.9. The zero-order valence-electron chi connectivity index (χ0n) is 32.1. The number of allylic oxidation sites excluding steroid dienone is 3. The first-order valence-electron chi connectivity index (χ1n) is 18.9. The van der Waals surface area contributed by atoms with E-state index in [4.69, 9.17) is 11.6 Å². The lowest BCUT2D eigenvalue weighted by atomic mass is 9.49. The van der Waals surface area contributed by atoms with Gasteiger partial charge < -0.3 is 10.0 Å². The van der Waals surface area contributed by atoms with Crippen LogP contribution in [0.25, 0.3) is 0 Å². The van der Waals surface area contributed by atoms with E-state index in [1.54, 1.807) is 54.6 Å². The number of hydrogen-bond acceptors (Lipinski definition) is 11. The third-order valence-corrected chi connectivity index (χ3v) is 12.5. The van der Waals surface area contributed by atoms with Gasteiger partial charge in [0.15, 0.2) is 5.69 Å². The number of carbonyl (C=O) groups excluding carboxylic acids is 4. The smallest absolute Gasteiger partial charge is 0.301 e. The Morgan fingerprint density at radius 2 is 1.60 bits per heavy atom. The number of benzene rings is 4. The van der Waals surface area contributed by atoms with Crippen molar-refractivity contribution in [3.63, 3.8) is 0 Å². The molecule has 8 rings (SSSR count). The van der Waals surface area contributed by atoms with E-state index >= 15 is 4.79 Å². The first-order valence-corrected chi connectivity index (χ1v) is 19.3. The molecule has 0 radical (unpaired) electrons. The molecule has 3 fully saturated rings. The number of anilines is 3. The monoisotopic (exact) mass is 834 g/mol. The van der Waals surface area contributed by atoms with E-state index in [0.717, 1.165) is 34.2 Å². The summed E-state index contributed by atoms with van der Waals surface area (Å²) in [6, 6.07) is 18.4. The summed E-state index contributed by atoms with van der Waals surface area (Å²) in [5, 5.41) is 37.8. The van der Waals surface area contributed by atoms with Gasteiger partial charge in [0.1, 0.15) is 11.6 Å². The number of nitro benzene ring substituents is 2. The van der Waals surface area contributed by atoms with Gasteiger partial charge in [-0.2, -0.15) is 5.01 Å². The second kappa shape index (κ2) is 14.7. The topological polar surface area (TPSA) is 197 Å². The molecule has 15 nitrogen and oxygen atoms in total. The van der Waals surface area contributed by atoms with Gasteiger partial charge in [-0.05, 0) is 72.7 Å². The summed E-state index contributed by atoms with van der Waals surface area (Å²) in [7, 11) is 2.78. The summed E-state index contributed by atoms with van der Waals surface area (Å²) in [6.45, 7) is 3.81. The van der Waals surface area contributed by atoms with Crippen molar-refractivity contribution in [1.29, 1.82) is 0 Å². The number of imide groups is 2. The van der Waals surface area contributed by atoms with Crippen LogP contribution in [0.15, 0.2) is 103 Å². The number of nitrogens with one attached hydrogen (secondary N) is 1. The standard InChI is InChI=1S/C43H36ClFN6O9/c1-4-6-22-7-5-8-30(38(22)52)36-28-17-18-29-35(41(55)48(39(29)53)27-19-33(50(57)58)37(47(2)3)34(20-27)51(59)60)31(28)21-32-40(54)49(46-26-15-13-25(45)14-16-26)42(56)43(32,36)23-9-11-24(44)12-10-23/h4-5,7-17,19-20,29,31-32,35-36,46,52H,1,6,18,21H2,2-3H3/t29-,31+,32-,35-,36+,43+/m0/s1. The second-order valence-electron chi connectivity index (χ2n) is 15.5. The lowest BCUT2D eigenvalue weighted by Crippen LogP contribution is -2.53. The van der Waals surface area contributed by atoms with Gasteiger partial charge in [-0.25, -0.2) is 9.29 Å². The van der Waals surface area contributed by atoms with Crippen LogP contribution in [0.4, 0.5) is 32.8 Å². The summed E-state index contributed by atoms with van der Waals surface area (Å²) in [4.78, 5) is 84.4. The molecule has 4 aliphatic rings. The van der Waals surface area contributed by atoms with Gasteiger partial charge in [0, 0.05) is 42.7 Å². The number of rotatable bonds is 10. The Kier molecular flexibility index (Phi) is 9.77. The van der Waals surface area contributed by atoms with Gasteiger partial charge in [0.05, 0.1) is 44.4 Å². The average molecular weight is 835 g/mol. The normalized spacial score (nSPS) is 24.4. The molecule has 6 atom stereocenters. The van der Waals surface area contributed by atoms with Crippen LogP contribution in [-0.4, -0.2) is 57.7 Å². The molecular formula is C43H36ClFN6O9. The van der Waals surface area contributed by atoms with Crippen molar-refractivity contribution in [3.8, 4) is 5.75 Å². The van der Waals surface area contributed by atoms with Crippen molar-refractivity contribution < 1.29 is 38.5 Å². The van der Waals surface area contributed by atoms with Gasteiger partial charge >= 0.3 is 11.4 Å². The summed E-state index contributed by atoms with van der Waals surface area (Å²) in [5.41, 5.74) is 0.875. The van der Waals surface area contributed by atoms with Crippen LogP contribution >= 0.6 is 11.6 Å². The lowest BCUT2D eigenvalue weighted by molar-refractivity contribution is -0.392. The number of phenols is 1. The largest absolute Gasteiger partial charge is 0.507 e. The molecule has 2 aliphatic heterocycles. The maximum atomic E-state index is 15.4. The van der Waals surface area contributed by atoms with E-state index in [9.17, 15) is 44.1 Å². The summed E-state index contributed by atoms with van der Waals surface area (Å²) < 4.78 is 14.0. The Morgan fingerprint density at radius 3 is 2.20 bits per heavy atom. The van der Waals surface area contributed by atoms with Crippen molar-refractivity contribution in [1.82, 2.24) is 5.01 Å². The molecule has 2 heterocycles. The Morgan fingerprint density at radius 1 is 0.950 bits per heavy atom. The van der Waals surface area contributed by atoms with Crippen LogP contribution in [0.3, 0.4) is 0 Å². The van der Waals surface area contributed by atoms with E-state index in [2.05, 4.69) is 12.0 Å². The molecule has 60 heavy (non-hydrogen) atoms. The predicted octanol–water partition coefficient (Wildman–Crippen LogP) is 6.99. The van der Waals surface area contributed by atoms with E-state index in [0.29, 0.717) is 21.7 Å². The van der Waals surface area contributed by atoms with Gasteiger partial charge in [-0.15, -0.1) is 6.58 Å². The van der Waals surface area contributed by atoms with Crippen molar-refractivity contribution in [3.05, 3.63) is 151 Å². The molecule has 4 aromatic rings. The average Bonchev–Trinajstić information content (AvgIpc) is 3.59. The quantitative estimate of drug-likeness (QED) is 0.0724. The minimum atomic E-state index is -1.78. The first kappa shape index (κ1) is 39.9. The molecule has 0 aromatic heterocycles. The molecule has 0 bridgehead atoms.